The van der Waals surface area contributed by atoms with Gasteiger partial charge in [0.15, 0.2) is 12.4 Å². The van der Waals surface area contributed by atoms with Crippen molar-refractivity contribution in [2.75, 3.05) is 25.6 Å². The number of rotatable bonds is 9. The zero-order chi connectivity index (χ0) is 20.6. The molecule has 0 saturated carbocycles. The first-order chi connectivity index (χ1) is 14.1. The summed E-state index contributed by atoms with van der Waals surface area (Å²) >= 11 is 0. The Morgan fingerprint density at radius 1 is 1.24 bits per heavy atom. The number of oxazole rings is 1. The molecule has 0 unspecified atom stereocenters. The van der Waals surface area contributed by atoms with Crippen LogP contribution in [0.15, 0.2) is 59.1 Å². The molecule has 0 bridgehead atoms. The maximum absolute atomic E-state index is 12.5. The van der Waals surface area contributed by atoms with E-state index in [1.807, 2.05) is 30.3 Å². The van der Waals surface area contributed by atoms with Crippen LogP contribution >= 0.6 is 0 Å². The molecule has 0 spiro atoms. The number of nitrogens with zero attached hydrogens (tertiary/aromatic N) is 2. The SMILES string of the molecule is COCCNc1ccc([N+](=O)[O-])cc1C(=O)OCc1ncc(-c2ccccc2)o1. The van der Waals surface area contributed by atoms with Crippen molar-refractivity contribution in [2.45, 2.75) is 6.61 Å². The van der Waals surface area contributed by atoms with Gasteiger partial charge in [-0.1, -0.05) is 30.3 Å². The Balaban J connectivity index is 1.71. The number of aromatic nitrogens is 1. The molecule has 9 nitrogen and oxygen atoms in total. The first-order valence-electron chi connectivity index (χ1n) is 8.77. The van der Waals surface area contributed by atoms with E-state index in [2.05, 4.69) is 10.3 Å². The number of carbonyl (C=O) groups excluding carboxylic acids is 1. The van der Waals surface area contributed by atoms with Gasteiger partial charge in [0, 0.05) is 37.0 Å². The minimum absolute atomic E-state index is 0.0464. The second-order valence-corrected chi connectivity index (χ2v) is 5.97. The van der Waals surface area contributed by atoms with Gasteiger partial charge in [0.05, 0.1) is 23.3 Å². The molecule has 1 N–H and O–H groups in total. The number of nitro groups is 1. The lowest BCUT2D eigenvalue weighted by molar-refractivity contribution is -0.384. The van der Waals surface area contributed by atoms with Crippen molar-refractivity contribution in [3.63, 3.8) is 0 Å². The highest BCUT2D eigenvalue weighted by Crippen LogP contribution is 2.24. The number of benzene rings is 2. The Morgan fingerprint density at radius 3 is 2.76 bits per heavy atom. The van der Waals surface area contributed by atoms with Crippen LogP contribution in [0.25, 0.3) is 11.3 Å². The lowest BCUT2D eigenvalue weighted by atomic mass is 10.1. The monoisotopic (exact) mass is 397 g/mol. The lowest BCUT2D eigenvalue weighted by Gasteiger charge is -2.11. The number of esters is 1. The highest BCUT2D eigenvalue weighted by molar-refractivity contribution is 5.96. The van der Waals surface area contributed by atoms with Crippen LogP contribution in [0.3, 0.4) is 0 Å². The predicted molar refractivity (Wildman–Crippen MR) is 105 cm³/mol. The zero-order valence-corrected chi connectivity index (χ0v) is 15.7. The molecular formula is C20H19N3O6. The smallest absolute Gasteiger partial charge is 0.341 e. The standard InChI is InChI=1S/C20H19N3O6/c1-27-10-9-21-17-8-7-15(23(25)26)11-16(17)20(24)28-13-19-22-12-18(29-19)14-5-3-2-4-6-14/h2-8,11-12,21H,9-10,13H2,1H3. The molecule has 0 saturated heterocycles. The average Bonchev–Trinajstić information content (AvgIpc) is 3.22. The van der Waals surface area contributed by atoms with Gasteiger partial charge < -0.3 is 19.2 Å². The van der Waals surface area contributed by atoms with E-state index in [1.54, 1.807) is 13.3 Å². The van der Waals surface area contributed by atoms with Crippen LogP contribution < -0.4 is 5.32 Å². The van der Waals surface area contributed by atoms with Crippen LogP contribution in [0.2, 0.25) is 0 Å². The van der Waals surface area contributed by atoms with Crippen molar-refractivity contribution >= 4 is 17.3 Å². The quantitative estimate of drug-likeness (QED) is 0.252. The number of nitrogens with one attached hydrogen (secondary N) is 1. The minimum Gasteiger partial charge on any atom is -0.452 e. The van der Waals surface area contributed by atoms with Gasteiger partial charge >= 0.3 is 5.97 Å². The lowest BCUT2D eigenvalue weighted by Crippen LogP contribution is -2.13. The molecule has 1 aromatic heterocycles. The van der Waals surface area contributed by atoms with E-state index in [0.717, 1.165) is 5.56 Å². The summed E-state index contributed by atoms with van der Waals surface area (Å²) in [5, 5.41) is 14.0. The molecule has 2 aromatic carbocycles. The number of methoxy groups -OCH3 is 1. The second-order valence-electron chi connectivity index (χ2n) is 5.97. The average molecular weight is 397 g/mol. The molecule has 150 valence electrons. The van der Waals surface area contributed by atoms with E-state index < -0.39 is 10.9 Å². The summed E-state index contributed by atoms with van der Waals surface area (Å²) in [4.78, 5) is 27.1. The Hall–Kier alpha value is -3.72. The predicted octanol–water partition coefficient (Wildman–Crippen LogP) is 3.67. The van der Waals surface area contributed by atoms with Gasteiger partial charge in [-0.05, 0) is 6.07 Å². The third-order valence-electron chi connectivity index (χ3n) is 3.99. The van der Waals surface area contributed by atoms with Gasteiger partial charge in [-0.25, -0.2) is 9.78 Å². The van der Waals surface area contributed by atoms with Crippen LogP contribution in [0.5, 0.6) is 0 Å². The summed E-state index contributed by atoms with van der Waals surface area (Å²) in [7, 11) is 1.55. The van der Waals surface area contributed by atoms with Gasteiger partial charge in [-0.15, -0.1) is 0 Å². The van der Waals surface area contributed by atoms with Crippen molar-refractivity contribution in [1.82, 2.24) is 4.98 Å². The van der Waals surface area contributed by atoms with Gasteiger partial charge in [-0.2, -0.15) is 0 Å². The van der Waals surface area contributed by atoms with E-state index in [9.17, 15) is 14.9 Å². The molecule has 3 aromatic rings. The van der Waals surface area contributed by atoms with Crippen molar-refractivity contribution in [2.24, 2.45) is 0 Å². The van der Waals surface area contributed by atoms with Crippen molar-refractivity contribution < 1.29 is 23.6 Å². The third kappa shape index (κ3) is 5.17. The number of ether oxygens (including phenoxy) is 2. The number of nitro benzene ring substituents is 1. The topological polar surface area (TPSA) is 117 Å². The maximum Gasteiger partial charge on any atom is 0.341 e. The Morgan fingerprint density at radius 2 is 2.03 bits per heavy atom. The number of hydrogen-bond donors (Lipinski definition) is 1. The maximum atomic E-state index is 12.5. The molecule has 0 amide bonds. The molecule has 0 aliphatic carbocycles. The molecule has 9 heteroatoms. The number of non-ortho nitro benzene ring substituents is 1. The molecule has 0 atom stereocenters. The zero-order valence-electron chi connectivity index (χ0n) is 15.7. The van der Waals surface area contributed by atoms with Crippen LogP contribution in [0.4, 0.5) is 11.4 Å². The summed E-state index contributed by atoms with van der Waals surface area (Å²) < 4.78 is 15.8. The van der Waals surface area contributed by atoms with Gasteiger partial charge in [0.2, 0.25) is 5.89 Å². The third-order valence-corrected chi connectivity index (χ3v) is 3.99. The molecule has 0 aliphatic rings. The highest BCUT2D eigenvalue weighted by Gasteiger charge is 2.19. The van der Waals surface area contributed by atoms with Crippen molar-refractivity contribution in [1.29, 1.82) is 0 Å². The minimum atomic E-state index is -0.729. The summed E-state index contributed by atoms with van der Waals surface area (Å²) in [6.45, 7) is 0.630. The van der Waals surface area contributed by atoms with Gasteiger partial charge in [0.1, 0.15) is 0 Å². The van der Waals surface area contributed by atoms with Crippen molar-refractivity contribution in [3.05, 3.63) is 76.3 Å². The highest BCUT2D eigenvalue weighted by atomic mass is 16.6. The first kappa shape index (κ1) is 20.0. The van der Waals surface area contributed by atoms with E-state index in [0.29, 0.717) is 24.6 Å². The molecular weight excluding hydrogens is 378 g/mol. The molecule has 1 heterocycles. The molecule has 0 fully saturated rings. The Bertz CT molecular complexity index is 987. The first-order valence-corrected chi connectivity index (χ1v) is 8.77. The van der Waals surface area contributed by atoms with E-state index in [-0.39, 0.29) is 23.7 Å². The normalized spacial score (nSPS) is 10.5. The van der Waals surface area contributed by atoms with E-state index in [1.165, 1.54) is 18.2 Å². The fourth-order valence-electron chi connectivity index (χ4n) is 2.57. The summed E-state index contributed by atoms with van der Waals surface area (Å²) in [6.07, 6.45) is 1.55. The summed E-state index contributed by atoms with van der Waals surface area (Å²) in [5.74, 6) is 0.0403. The fraction of sp³-hybridized carbons (Fsp3) is 0.200. The van der Waals surface area contributed by atoms with Gasteiger partial charge in [0.25, 0.3) is 5.69 Å². The number of carbonyl (C=O) groups is 1. The van der Waals surface area contributed by atoms with Crippen LogP contribution in [-0.2, 0) is 16.1 Å². The Labute approximate surface area is 166 Å². The van der Waals surface area contributed by atoms with Crippen LogP contribution in [0.1, 0.15) is 16.2 Å². The van der Waals surface area contributed by atoms with Crippen molar-refractivity contribution in [3.8, 4) is 11.3 Å². The largest absolute Gasteiger partial charge is 0.452 e. The molecule has 29 heavy (non-hydrogen) atoms. The second kappa shape index (κ2) is 9.47. The van der Waals surface area contributed by atoms with Crippen LogP contribution in [-0.4, -0.2) is 36.1 Å². The Kier molecular flexibility index (Phi) is 6.54. The van der Waals surface area contributed by atoms with E-state index >= 15 is 0 Å². The fourth-order valence-corrected chi connectivity index (χ4v) is 2.57. The molecule has 3 rings (SSSR count). The molecule has 0 aliphatic heterocycles. The number of anilines is 1. The molecule has 0 radical (unpaired) electrons. The van der Waals surface area contributed by atoms with Gasteiger partial charge in [-0.3, -0.25) is 10.1 Å². The van der Waals surface area contributed by atoms with Crippen LogP contribution in [0, 0.1) is 10.1 Å². The van der Waals surface area contributed by atoms with E-state index in [4.69, 9.17) is 13.9 Å². The summed E-state index contributed by atoms with van der Waals surface area (Å²) in [5.41, 5.74) is 1.10. The summed E-state index contributed by atoms with van der Waals surface area (Å²) in [6, 6.07) is 13.3. The number of hydrogen-bond acceptors (Lipinski definition) is 8.